The number of rotatable bonds is 8. The molecule has 1 heterocycles. The number of alkyl halides is 3. The van der Waals surface area contributed by atoms with Crippen molar-refractivity contribution in [3.63, 3.8) is 0 Å². The van der Waals surface area contributed by atoms with Gasteiger partial charge >= 0.3 is 6.18 Å². The van der Waals surface area contributed by atoms with E-state index in [2.05, 4.69) is 20.6 Å². The third kappa shape index (κ3) is 6.74. The zero-order chi connectivity index (χ0) is 15.9. The quantitative estimate of drug-likeness (QED) is 0.719. The molecule has 1 aromatic heterocycles. The van der Waals surface area contributed by atoms with Gasteiger partial charge in [-0.15, -0.1) is 0 Å². The van der Waals surface area contributed by atoms with E-state index in [9.17, 15) is 17.4 Å². The van der Waals surface area contributed by atoms with Crippen molar-refractivity contribution in [3.05, 3.63) is 11.8 Å². The molecule has 0 aliphatic rings. The molecule has 0 amide bonds. The molecule has 0 fully saturated rings. The zero-order valence-corrected chi connectivity index (χ0v) is 12.8. The van der Waals surface area contributed by atoms with Crippen LogP contribution in [0, 0.1) is 0 Å². The largest absolute Gasteiger partial charge is 0.433 e. The summed E-state index contributed by atoms with van der Waals surface area (Å²) in [4.78, 5) is 7.45. The number of nitrogens with zero attached hydrogens (tertiary/aromatic N) is 2. The van der Waals surface area contributed by atoms with E-state index in [1.165, 1.54) is 0 Å². The third-order valence-corrected chi connectivity index (χ3v) is 3.33. The second-order valence-electron chi connectivity index (χ2n) is 4.44. The van der Waals surface area contributed by atoms with Crippen LogP contribution in [0.25, 0.3) is 0 Å². The van der Waals surface area contributed by atoms with E-state index >= 15 is 0 Å². The maximum atomic E-state index is 12.8. The van der Waals surface area contributed by atoms with Crippen LogP contribution in [-0.2, 0) is 17.0 Å². The first-order chi connectivity index (χ1) is 9.82. The number of nitrogens with one attached hydrogen (secondary N) is 2. The van der Waals surface area contributed by atoms with Gasteiger partial charge in [-0.25, -0.2) is 4.98 Å². The molecule has 1 unspecified atom stereocenters. The van der Waals surface area contributed by atoms with Gasteiger partial charge in [-0.05, 0) is 12.8 Å². The first-order valence-corrected chi connectivity index (χ1v) is 8.29. The van der Waals surface area contributed by atoms with Crippen LogP contribution in [0.15, 0.2) is 6.07 Å². The van der Waals surface area contributed by atoms with Crippen LogP contribution >= 0.6 is 0 Å². The minimum absolute atomic E-state index is 0.0479. The molecule has 0 saturated carbocycles. The van der Waals surface area contributed by atoms with Crippen LogP contribution in [0.5, 0.6) is 0 Å². The van der Waals surface area contributed by atoms with Gasteiger partial charge in [0.1, 0.15) is 5.82 Å². The van der Waals surface area contributed by atoms with Gasteiger partial charge in [0.05, 0.1) is 0 Å². The predicted molar refractivity (Wildman–Crippen MR) is 77.9 cm³/mol. The highest BCUT2D eigenvalue weighted by atomic mass is 32.2. The van der Waals surface area contributed by atoms with Gasteiger partial charge in [0.25, 0.3) is 0 Å². The molecule has 1 atom stereocenters. The fourth-order valence-corrected chi connectivity index (χ4v) is 2.04. The number of hydrogen-bond acceptors (Lipinski definition) is 5. The standard InChI is InChI=1S/C12H19F3N4OS/c1-3-5-17-11-18-9(12(13,14)15)8-10(19-11)16-6-4-7-21(2)20/h8H,3-7H2,1-2H3,(H2,16,17,18,19). The highest BCUT2D eigenvalue weighted by molar-refractivity contribution is 7.84. The van der Waals surface area contributed by atoms with Crippen molar-refractivity contribution in [3.8, 4) is 0 Å². The van der Waals surface area contributed by atoms with Gasteiger partial charge in [0.15, 0.2) is 5.69 Å². The number of hydrogen-bond donors (Lipinski definition) is 2. The molecular weight excluding hydrogens is 305 g/mol. The Morgan fingerprint density at radius 1 is 1.24 bits per heavy atom. The number of aromatic nitrogens is 2. The lowest BCUT2D eigenvalue weighted by atomic mass is 10.3. The van der Waals surface area contributed by atoms with Crippen molar-refractivity contribution in [1.82, 2.24) is 9.97 Å². The average molecular weight is 324 g/mol. The molecule has 0 radical (unpaired) electrons. The lowest BCUT2D eigenvalue weighted by Crippen LogP contribution is -2.15. The Morgan fingerprint density at radius 2 is 1.95 bits per heavy atom. The number of anilines is 2. The molecule has 0 spiro atoms. The van der Waals surface area contributed by atoms with Gasteiger partial charge in [0.2, 0.25) is 5.95 Å². The highest BCUT2D eigenvalue weighted by Gasteiger charge is 2.33. The van der Waals surface area contributed by atoms with Crippen molar-refractivity contribution >= 4 is 22.6 Å². The van der Waals surface area contributed by atoms with Crippen LogP contribution in [-0.4, -0.2) is 39.3 Å². The Morgan fingerprint density at radius 3 is 2.52 bits per heavy atom. The monoisotopic (exact) mass is 324 g/mol. The molecule has 0 aliphatic heterocycles. The highest BCUT2D eigenvalue weighted by Crippen LogP contribution is 2.29. The second-order valence-corrected chi connectivity index (χ2v) is 6.00. The molecular formula is C12H19F3N4OS. The minimum Gasteiger partial charge on any atom is -0.370 e. The van der Waals surface area contributed by atoms with Crippen molar-refractivity contribution in [2.75, 3.05) is 35.7 Å². The van der Waals surface area contributed by atoms with Gasteiger partial charge < -0.3 is 10.6 Å². The Hall–Kier alpha value is -1.38. The summed E-state index contributed by atoms with van der Waals surface area (Å²) in [5.41, 5.74) is -0.988. The van der Waals surface area contributed by atoms with Gasteiger partial charge in [-0.2, -0.15) is 18.2 Å². The Balaban J connectivity index is 2.78. The maximum absolute atomic E-state index is 12.8. The van der Waals surface area contributed by atoms with E-state index in [0.29, 0.717) is 25.3 Å². The normalized spacial score (nSPS) is 13.0. The van der Waals surface area contributed by atoms with E-state index in [-0.39, 0.29) is 11.8 Å². The molecule has 1 rings (SSSR count). The Bertz CT molecular complexity index is 482. The summed E-state index contributed by atoms with van der Waals surface area (Å²) in [6.45, 7) is 2.79. The summed E-state index contributed by atoms with van der Waals surface area (Å²) < 4.78 is 49.2. The van der Waals surface area contributed by atoms with Crippen molar-refractivity contribution in [2.24, 2.45) is 0 Å². The topological polar surface area (TPSA) is 66.9 Å². The lowest BCUT2D eigenvalue weighted by molar-refractivity contribution is -0.141. The zero-order valence-electron chi connectivity index (χ0n) is 12.0. The van der Waals surface area contributed by atoms with Crippen LogP contribution < -0.4 is 10.6 Å². The predicted octanol–water partition coefficient (Wildman–Crippen LogP) is 2.50. The van der Waals surface area contributed by atoms with Gasteiger partial charge in [-0.1, -0.05) is 6.92 Å². The van der Waals surface area contributed by atoms with Crippen LogP contribution in [0.2, 0.25) is 0 Å². The van der Waals surface area contributed by atoms with E-state index in [0.717, 1.165) is 12.5 Å². The van der Waals surface area contributed by atoms with Crippen LogP contribution in [0.1, 0.15) is 25.5 Å². The molecule has 0 aliphatic carbocycles. The molecule has 0 aromatic carbocycles. The molecule has 2 N–H and O–H groups in total. The molecule has 5 nitrogen and oxygen atoms in total. The SMILES string of the molecule is CCCNc1nc(NCCCS(C)=O)cc(C(F)(F)F)n1. The smallest absolute Gasteiger partial charge is 0.370 e. The van der Waals surface area contributed by atoms with E-state index in [1.807, 2.05) is 6.92 Å². The fourth-order valence-electron chi connectivity index (χ4n) is 1.49. The van der Waals surface area contributed by atoms with Crippen molar-refractivity contribution in [1.29, 1.82) is 0 Å². The van der Waals surface area contributed by atoms with Crippen molar-refractivity contribution < 1.29 is 17.4 Å². The van der Waals surface area contributed by atoms with Crippen LogP contribution in [0.3, 0.4) is 0 Å². The number of halogens is 3. The average Bonchev–Trinajstić information content (AvgIpc) is 2.40. The molecule has 0 bridgehead atoms. The molecule has 0 saturated heterocycles. The first kappa shape index (κ1) is 17.7. The van der Waals surface area contributed by atoms with Gasteiger partial charge in [-0.3, -0.25) is 4.21 Å². The third-order valence-electron chi connectivity index (χ3n) is 2.46. The minimum atomic E-state index is -4.52. The first-order valence-electron chi connectivity index (χ1n) is 6.57. The summed E-state index contributed by atoms with van der Waals surface area (Å²) in [5, 5.41) is 5.55. The maximum Gasteiger partial charge on any atom is 0.433 e. The fraction of sp³-hybridized carbons (Fsp3) is 0.667. The van der Waals surface area contributed by atoms with Crippen molar-refractivity contribution in [2.45, 2.75) is 25.9 Å². The molecule has 21 heavy (non-hydrogen) atoms. The summed E-state index contributed by atoms with van der Waals surface area (Å²) >= 11 is 0. The summed E-state index contributed by atoms with van der Waals surface area (Å²) in [7, 11) is -0.916. The Labute approximate surface area is 124 Å². The van der Waals surface area contributed by atoms with Crippen LogP contribution in [0.4, 0.5) is 24.9 Å². The summed E-state index contributed by atoms with van der Waals surface area (Å²) in [5.74, 6) is 0.552. The van der Waals surface area contributed by atoms with E-state index in [4.69, 9.17) is 0 Å². The Kier molecular flexibility index (Phi) is 6.86. The molecule has 1 aromatic rings. The second kappa shape index (κ2) is 8.16. The molecule has 9 heteroatoms. The summed E-state index contributed by atoms with van der Waals surface area (Å²) in [6.07, 6.45) is -1.59. The summed E-state index contributed by atoms with van der Waals surface area (Å²) in [6, 6.07) is 0.875. The van der Waals surface area contributed by atoms with Gasteiger partial charge in [0, 0.05) is 42.0 Å². The lowest BCUT2D eigenvalue weighted by Gasteiger charge is -2.12. The van der Waals surface area contributed by atoms with E-state index in [1.54, 1.807) is 6.26 Å². The molecule has 120 valence electrons. The van der Waals surface area contributed by atoms with E-state index < -0.39 is 22.7 Å².